The lowest BCUT2D eigenvalue weighted by Crippen LogP contribution is -2.21. The number of halogens is 1. The third-order valence-corrected chi connectivity index (χ3v) is 5.75. The first-order valence-corrected chi connectivity index (χ1v) is 9.71. The van der Waals surface area contributed by atoms with E-state index in [0.29, 0.717) is 21.0 Å². The molecule has 0 spiro atoms. The molecule has 1 aliphatic rings. The summed E-state index contributed by atoms with van der Waals surface area (Å²) in [6.07, 6.45) is 5.75. The van der Waals surface area contributed by atoms with E-state index in [-0.39, 0.29) is 5.56 Å². The summed E-state index contributed by atoms with van der Waals surface area (Å²) in [5.41, 5.74) is 1.83. The highest BCUT2D eigenvalue weighted by Gasteiger charge is 2.24. The molecule has 1 amide bonds. The minimum atomic E-state index is -0.631. The van der Waals surface area contributed by atoms with Gasteiger partial charge in [0.2, 0.25) is 0 Å². The smallest absolute Gasteiger partial charge is 0.340 e. The number of hydrogen-bond acceptors (Lipinski definition) is 6. The zero-order valence-electron chi connectivity index (χ0n) is 14.0. The van der Waals surface area contributed by atoms with E-state index < -0.39 is 18.5 Å². The highest BCUT2D eigenvalue weighted by molar-refractivity contribution is 9.10. The molecule has 26 heavy (non-hydrogen) atoms. The van der Waals surface area contributed by atoms with Crippen LogP contribution in [0.15, 0.2) is 22.9 Å². The van der Waals surface area contributed by atoms with E-state index in [4.69, 9.17) is 4.74 Å². The normalized spacial score (nSPS) is 15.7. The molecule has 0 aliphatic heterocycles. The van der Waals surface area contributed by atoms with Gasteiger partial charge in [0.1, 0.15) is 11.1 Å². The number of esters is 1. The van der Waals surface area contributed by atoms with Crippen LogP contribution in [0.3, 0.4) is 0 Å². The molecule has 0 aromatic carbocycles. The minimum absolute atomic E-state index is 0.255. The second-order valence-electron chi connectivity index (χ2n) is 6.18. The molecule has 0 bridgehead atoms. The molecule has 2 aromatic heterocycles. The van der Waals surface area contributed by atoms with Crippen molar-refractivity contribution in [2.24, 2.45) is 5.92 Å². The first-order chi connectivity index (χ1) is 12.5. The summed E-state index contributed by atoms with van der Waals surface area (Å²) in [5, 5.41) is 12.7. The predicted molar refractivity (Wildman–Crippen MR) is 101 cm³/mol. The van der Waals surface area contributed by atoms with Gasteiger partial charge >= 0.3 is 5.97 Å². The van der Waals surface area contributed by atoms with E-state index in [0.717, 1.165) is 29.7 Å². The number of ether oxygens (including phenoxy) is 1. The van der Waals surface area contributed by atoms with Crippen LogP contribution >= 0.6 is 27.3 Å². The Morgan fingerprint density at radius 3 is 3.04 bits per heavy atom. The third kappa shape index (κ3) is 4.11. The average Bonchev–Trinajstić information content (AvgIpc) is 2.95. The Hall–Kier alpha value is -2.24. The second kappa shape index (κ2) is 7.98. The van der Waals surface area contributed by atoms with Crippen molar-refractivity contribution in [3.05, 3.63) is 44.5 Å². The van der Waals surface area contributed by atoms with Gasteiger partial charge in [0, 0.05) is 21.7 Å². The first-order valence-electron chi connectivity index (χ1n) is 8.10. The van der Waals surface area contributed by atoms with Crippen LogP contribution in [0.5, 0.6) is 0 Å². The average molecular weight is 434 g/mol. The molecule has 2 heterocycles. The molecule has 1 aliphatic carbocycles. The number of carbonyl (C=O) groups excluding carboxylic acids is 2. The van der Waals surface area contributed by atoms with Crippen LogP contribution in [0.4, 0.5) is 5.00 Å². The topological polar surface area (TPSA) is 92.1 Å². The number of aromatic nitrogens is 1. The molecule has 134 valence electrons. The van der Waals surface area contributed by atoms with E-state index in [1.54, 1.807) is 12.3 Å². The van der Waals surface area contributed by atoms with Gasteiger partial charge in [-0.25, -0.2) is 4.79 Å². The minimum Gasteiger partial charge on any atom is -0.452 e. The Morgan fingerprint density at radius 2 is 2.31 bits per heavy atom. The molecule has 0 unspecified atom stereocenters. The second-order valence-corrected chi connectivity index (χ2v) is 8.20. The van der Waals surface area contributed by atoms with Gasteiger partial charge in [-0.3, -0.25) is 9.78 Å². The van der Waals surface area contributed by atoms with Gasteiger partial charge in [0.05, 0.1) is 11.1 Å². The molecule has 0 saturated heterocycles. The monoisotopic (exact) mass is 433 g/mol. The van der Waals surface area contributed by atoms with Gasteiger partial charge in [-0.15, -0.1) is 11.3 Å². The number of pyridine rings is 1. The van der Waals surface area contributed by atoms with Crippen molar-refractivity contribution < 1.29 is 14.3 Å². The van der Waals surface area contributed by atoms with Crippen LogP contribution in [-0.2, 0) is 22.4 Å². The van der Waals surface area contributed by atoms with Gasteiger partial charge in [-0.1, -0.05) is 6.92 Å². The number of amides is 1. The van der Waals surface area contributed by atoms with Gasteiger partial charge in [0.25, 0.3) is 5.91 Å². The lowest BCUT2D eigenvalue weighted by atomic mass is 9.89. The number of thiophene rings is 1. The Bertz CT molecular complexity index is 904. The van der Waals surface area contributed by atoms with E-state index in [9.17, 15) is 14.9 Å². The highest BCUT2D eigenvalue weighted by atomic mass is 79.9. The van der Waals surface area contributed by atoms with Crippen molar-refractivity contribution in [1.82, 2.24) is 4.98 Å². The van der Waals surface area contributed by atoms with Crippen molar-refractivity contribution in [2.45, 2.75) is 26.2 Å². The molecule has 3 rings (SSSR count). The quantitative estimate of drug-likeness (QED) is 0.741. The van der Waals surface area contributed by atoms with E-state index in [1.807, 2.05) is 0 Å². The van der Waals surface area contributed by atoms with Gasteiger partial charge in [-0.05, 0) is 52.7 Å². The highest BCUT2D eigenvalue weighted by Crippen LogP contribution is 2.39. The number of nitrogens with zero attached hydrogens (tertiary/aromatic N) is 2. The number of carbonyl (C=O) groups is 2. The number of anilines is 1. The maximum absolute atomic E-state index is 12.1. The van der Waals surface area contributed by atoms with Gasteiger partial charge < -0.3 is 10.1 Å². The van der Waals surface area contributed by atoms with Crippen LogP contribution in [0.2, 0.25) is 0 Å². The summed E-state index contributed by atoms with van der Waals surface area (Å²) in [4.78, 5) is 29.1. The van der Waals surface area contributed by atoms with E-state index in [1.165, 1.54) is 17.5 Å². The van der Waals surface area contributed by atoms with Crippen LogP contribution < -0.4 is 5.32 Å². The van der Waals surface area contributed by atoms with Crippen LogP contribution in [0.25, 0.3) is 0 Å². The molecular formula is C18H16BrN3O3S. The summed E-state index contributed by atoms with van der Waals surface area (Å²) >= 11 is 4.66. The van der Waals surface area contributed by atoms with Crippen molar-refractivity contribution in [1.29, 1.82) is 5.26 Å². The fourth-order valence-corrected chi connectivity index (χ4v) is 4.60. The van der Waals surface area contributed by atoms with Crippen LogP contribution in [0.1, 0.15) is 39.7 Å². The first kappa shape index (κ1) is 18.5. The lowest BCUT2D eigenvalue weighted by molar-refractivity contribution is -0.119. The fourth-order valence-electron chi connectivity index (χ4n) is 2.86. The van der Waals surface area contributed by atoms with Crippen molar-refractivity contribution in [2.75, 3.05) is 11.9 Å². The summed E-state index contributed by atoms with van der Waals surface area (Å²) in [6, 6.07) is 3.76. The summed E-state index contributed by atoms with van der Waals surface area (Å²) in [6.45, 7) is 1.76. The molecule has 0 fully saturated rings. The molecule has 0 radical (unpaired) electrons. The van der Waals surface area contributed by atoms with Crippen molar-refractivity contribution in [3.63, 3.8) is 0 Å². The number of rotatable bonds is 4. The number of fused-ring (bicyclic) bond motifs is 1. The number of hydrogen-bond donors (Lipinski definition) is 1. The van der Waals surface area contributed by atoms with Crippen molar-refractivity contribution >= 4 is 44.1 Å². The third-order valence-electron chi connectivity index (χ3n) is 4.15. The maximum Gasteiger partial charge on any atom is 0.340 e. The molecule has 0 saturated carbocycles. The zero-order chi connectivity index (χ0) is 18.7. The maximum atomic E-state index is 12.1. The molecular weight excluding hydrogens is 418 g/mol. The SMILES string of the molecule is C[C@@H]1CCc2c(sc(NC(=O)COC(=O)c3cncc(Br)c3)c2C#N)C1. The van der Waals surface area contributed by atoms with Crippen LogP contribution in [0, 0.1) is 17.2 Å². The summed E-state index contributed by atoms with van der Waals surface area (Å²) in [5.74, 6) is -0.519. The largest absolute Gasteiger partial charge is 0.452 e. The number of nitriles is 1. The lowest BCUT2D eigenvalue weighted by Gasteiger charge is -2.17. The van der Waals surface area contributed by atoms with Crippen LogP contribution in [-0.4, -0.2) is 23.5 Å². The Labute approximate surface area is 163 Å². The molecule has 2 aromatic rings. The molecule has 6 nitrogen and oxygen atoms in total. The summed E-state index contributed by atoms with van der Waals surface area (Å²) in [7, 11) is 0. The Morgan fingerprint density at radius 1 is 1.50 bits per heavy atom. The van der Waals surface area contributed by atoms with Gasteiger partial charge in [-0.2, -0.15) is 5.26 Å². The predicted octanol–water partition coefficient (Wildman–Crippen LogP) is 3.70. The zero-order valence-corrected chi connectivity index (χ0v) is 16.4. The molecule has 8 heteroatoms. The fraction of sp³-hybridized carbons (Fsp3) is 0.333. The Kier molecular flexibility index (Phi) is 5.69. The molecule has 1 atom stereocenters. The molecule has 1 N–H and O–H groups in total. The van der Waals surface area contributed by atoms with E-state index in [2.05, 4.69) is 39.2 Å². The standard InChI is InChI=1S/C18H16BrN3O3S/c1-10-2-3-13-14(6-20)17(26-15(13)4-10)22-16(23)9-25-18(24)11-5-12(19)8-21-7-11/h5,7-8,10H,2-4,9H2,1H3,(H,22,23)/t10-/m1/s1. The van der Waals surface area contributed by atoms with E-state index >= 15 is 0 Å². The Balaban J connectivity index is 1.64. The van der Waals surface area contributed by atoms with Crippen molar-refractivity contribution in [3.8, 4) is 6.07 Å². The number of nitrogens with one attached hydrogen (secondary N) is 1. The van der Waals surface area contributed by atoms with Gasteiger partial charge in [0.15, 0.2) is 6.61 Å². The summed E-state index contributed by atoms with van der Waals surface area (Å²) < 4.78 is 5.67.